The molecule has 4 aromatic carbocycles. The van der Waals surface area contributed by atoms with Crippen molar-refractivity contribution in [3.63, 3.8) is 0 Å². The lowest BCUT2D eigenvalue weighted by molar-refractivity contribution is 0.591. The van der Waals surface area contributed by atoms with Crippen LogP contribution >= 0.6 is 0 Å². The Morgan fingerprint density at radius 3 is 2.14 bits per heavy atom. The number of hydrogen-bond acceptors (Lipinski definition) is 3. The zero-order valence-corrected chi connectivity index (χ0v) is 22.2. The zero-order valence-electron chi connectivity index (χ0n) is 22.2. The minimum Gasteiger partial charge on any atom is -0.437 e. The van der Waals surface area contributed by atoms with Crippen LogP contribution in [0.2, 0.25) is 0 Å². The van der Waals surface area contributed by atoms with Gasteiger partial charge in [0, 0.05) is 16.3 Å². The number of rotatable bonds is 1. The van der Waals surface area contributed by atoms with Gasteiger partial charge in [-0.2, -0.15) is 4.98 Å². The molecule has 0 aliphatic rings. The molecule has 180 valence electrons. The van der Waals surface area contributed by atoms with Crippen LogP contribution in [0.15, 0.2) is 71.1 Å². The summed E-state index contributed by atoms with van der Waals surface area (Å²) in [5.41, 5.74) is 6.26. The Hall–Kier alpha value is -3.72. The fourth-order valence-electron chi connectivity index (χ4n) is 5.31. The Bertz CT molecular complexity index is 1810. The van der Waals surface area contributed by atoms with Gasteiger partial charge in [0.1, 0.15) is 11.4 Å². The molecule has 0 N–H and O–H groups in total. The first kappa shape index (κ1) is 22.7. The van der Waals surface area contributed by atoms with Crippen LogP contribution in [0.4, 0.5) is 0 Å². The number of nitrogens with zero attached hydrogens (tertiary/aromatic N) is 2. The number of fused-ring (bicyclic) bond motifs is 6. The summed E-state index contributed by atoms with van der Waals surface area (Å²) in [5.74, 6) is 0.710. The van der Waals surface area contributed by atoms with Gasteiger partial charge in [0.2, 0.25) is 5.71 Å². The second-order valence-electron chi connectivity index (χ2n) is 12.0. The van der Waals surface area contributed by atoms with Crippen molar-refractivity contribution in [3.05, 3.63) is 83.7 Å². The molecule has 0 spiro atoms. The summed E-state index contributed by atoms with van der Waals surface area (Å²) in [6, 6.07) is 24.2. The van der Waals surface area contributed by atoms with E-state index in [2.05, 4.69) is 108 Å². The standard InChI is InChI=1S/C33H32N2O/c1-19-34-29(22-16-20-10-8-9-11-24(20)27(18-22)33(5,6)7)28-26-14-12-21-17-23(32(2,3)4)13-15-25(21)30(26)36-31(28)35-19/h8-18H,1-7H3. The molecule has 0 atom stereocenters. The van der Waals surface area contributed by atoms with E-state index in [0.29, 0.717) is 11.5 Å². The molecule has 6 aromatic rings. The quantitative estimate of drug-likeness (QED) is 0.239. The number of benzene rings is 4. The van der Waals surface area contributed by atoms with Crippen LogP contribution in [0, 0.1) is 6.92 Å². The molecule has 0 bridgehead atoms. The van der Waals surface area contributed by atoms with Crippen molar-refractivity contribution in [1.29, 1.82) is 0 Å². The largest absolute Gasteiger partial charge is 0.437 e. The van der Waals surface area contributed by atoms with Crippen LogP contribution in [0.3, 0.4) is 0 Å². The molecular weight excluding hydrogens is 440 g/mol. The average Bonchev–Trinajstić information content (AvgIpc) is 3.20. The minimum absolute atomic E-state index is 0.00374. The van der Waals surface area contributed by atoms with E-state index < -0.39 is 0 Å². The van der Waals surface area contributed by atoms with E-state index in [1.165, 1.54) is 27.3 Å². The van der Waals surface area contributed by atoms with Crippen LogP contribution in [0.1, 0.15) is 58.5 Å². The molecule has 2 aromatic heterocycles. The molecule has 0 amide bonds. The van der Waals surface area contributed by atoms with Crippen LogP contribution in [-0.4, -0.2) is 9.97 Å². The summed E-state index contributed by atoms with van der Waals surface area (Å²) < 4.78 is 6.47. The molecule has 6 rings (SSSR count). The highest BCUT2D eigenvalue weighted by Crippen LogP contribution is 2.41. The Balaban J connectivity index is 1.68. The monoisotopic (exact) mass is 472 g/mol. The molecule has 0 aliphatic carbocycles. The van der Waals surface area contributed by atoms with Crippen molar-refractivity contribution >= 4 is 43.6 Å². The molecule has 0 unspecified atom stereocenters. The lowest BCUT2D eigenvalue weighted by atomic mass is 9.82. The van der Waals surface area contributed by atoms with Crippen molar-refractivity contribution in [2.24, 2.45) is 0 Å². The molecule has 0 saturated carbocycles. The number of furan rings is 1. The molecule has 0 aliphatic heterocycles. The van der Waals surface area contributed by atoms with E-state index in [1.807, 2.05) is 6.92 Å². The summed E-state index contributed by atoms with van der Waals surface area (Å²) in [4.78, 5) is 9.70. The van der Waals surface area contributed by atoms with E-state index in [9.17, 15) is 0 Å². The normalized spacial score (nSPS) is 12.9. The van der Waals surface area contributed by atoms with Crippen LogP contribution < -0.4 is 0 Å². The lowest BCUT2D eigenvalue weighted by Gasteiger charge is -2.23. The van der Waals surface area contributed by atoms with E-state index in [1.54, 1.807) is 0 Å². The van der Waals surface area contributed by atoms with Crippen LogP contribution in [0.25, 0.3) is 54.9 Å². The maximum atomic E-state index is 6.47. The molecule has 36 heavy (non-hydrogen) atoms. The summed E-state index contributed by atoms with van der Waals surface area (Å²) in [6.45, 7) is 15.5. The smallest absolute Gasteiger partial charge is 0.231 e. The van der Waals surface area contributed by atoms with Crippen molar-refractivity contribution in [1.82, 2.24) is 9.97 Å². The van der Waals surface area contributed by atoms with Gasteiger partial charge in [-0.05, 0) is 63.2 Å². The van der Waals surface area contributed by atoms with E-state index in [-0.39, 0.29) is 10.8 Å². The first-order valence-corrected chi connectivity index (χ1v) is 12.7. The number of aryl methyl sites for hydroxylation is 1. The predicted octanol–water partition coefficient (Wildman–Crippen LogP) is 9.25. The SMILES string of the molecule is Cc1nc(-c2cc(C(C)(C)C)c3ccccc3c2)c2c(n1)oc1c3ccc(C(C)(C)C)cc3ccc12. The summed E-state index contributed by atoms with van der Waals surface area (Å²) in [6.07, 6.45) is 0. The van der Waals surface area contributed by atoms with Gasteiger partial charge in [-0.15, -0.1) is 0 Å². The summed E-state index contributed by atoms with van der Waals surface area (Å²) >= 11 is 0. The summed E-state index contributed by atoms with van der Waals surface area (Å²) in [7, 11) is 0. The Morgan fingerprint density at radius 2 is 1.39 bits per heavy atom. The molecule has 3 nitrogen and oxygen atoms in total. The zero-order chi connectivity index (χ0) is 25.4. The molecule has 0 fully saturated rings. The minimum atomic E-state index is -0.00374. The Labute approximate surface area is 212 Å². The topological polar surface area (TPSA) is 38.9 Å². The average molecular weight is 473 g/mol. The first-order valence-electron chi connectivity index (χ1n) is 12.7. The van der Waals surface area contributed by atoms with Gasteiger partial charge >= 0.3 is 0 Å². The third-order valence-electron chi connectivity index (χ3n) is 7.24. The second-order valence-corrected chi connectivity index (χ2v) is 12.0. The van der Waals surface area contributed by atoms with E-state index >= 15 is 0 Å². The van der Waals surface area contributed by atoms with Crippen LogP contribution in [-0.2, 0) is 10.8 Å². The number of aromatic nitrogens is 2. The van der Waals surface area contributed by atoms with Crippen LogP contribution in [0.5, 0.6) is 0 Å². The van der Waals surface area contributed by atoms with Crippen molar-refractivity contribution in [2.75, 3.05) is 0 Å². The first-order chi connectivity index (χ1) is 17.0. The van der Waals surface area contributed by atoms with E-state index in [0.717, 1.165) is 33.0 Å². The van der Waals surface area contributed by atoms with Gasteiger partial charge in [-0.1, -0.05) is 90.1 Å². The highest BCUT2D eigenvalue weighted by molar-refractivity contribution is 6.18. The van der Waals surface area contributed by atoms with Crippen molar-refractivity contribution in [2.45, 2.75) is 59.3 Å². The van der Waals surface area contributed by atoms with E-state index in [4.69, 9.17) is 14.4 Å². The van der Waals surface area contributed by atoms with Crippen molar-refractivity contribution < 1.29 is 4.42 Å². The fraction of sp³-hybridized carbons (Fsp3) is 0.273. The van der Waals surface area contributed by atoms with Crippen molar-refractivity contribution in [3.8, 4) is 11.3 Å². The Morgan fingerprint density at radius 1 is 0.667 bits per heavy atom. The third-order valence-corrected chi connectivity index (χ3v) is 7.24. The maximum absolute atomic E-state index is 6.47. The third kappa shape index (κ3) is 3.57. The lowest BCUT2D eigenvalue weighted by Crippen LogP contribution is -2.12. The number of hydrogen-bond donors (Lipinski definition) is 0. The van der Waals surface area contributed by atoms with Gasteiger partial charge in [0.05, 0.1) is 11.1 Å². The molecule has 3 heteroatoms. The van der Waals surface area contributed by atoms with Gasteiger partial charge in [0.15, 0.2) is 0 Å². The maximum Gasteiger partial charge on any atom is 0.231 e. The predicted molar refractivity (Wildman–Crippen MR) is 152 cm³/mol. The van der Waals surface area contributed by atoms with Gasteiger partial charge in [-0.25, -0.2) is 4.98 Å². The highest BCUT2D eigenvalue weighted by Gasteiger charge is 2.23. The molecule has 0 saturated heterocycles. The Kier molecular flexibility index (Phi) is 4.82. The summed E-state index contributed by atoms with van der Waals surface area (Å²) in [5, 5.41) is 6.83. The van der Waals surface area contributed by atoms with Gasteiger partial charge < -0.3 is 4.42 Å². The highest BCUT2D eigenvalue weighted by atomic mass is 16.3. The molecule has 0 radical (unpaired) electrons. The molecular formula is C33H32N2O. The fourth-order valence-corrected chi connectivity index (χ4v) is 5.31. The second kappa shape index (κ2) is 7.64. The molecule has 2 heterocycles. The van der Waals surface area contributed by atoms with Gasteiger partial charge in [-0.3, -0.25) is 0 Å². The van der Waals surface area contributed by atoms with Gasteiger partial charge in [0.25, 0.3) is 0 Å².